The maximum atomic E-state index is 12.4. The number of sulfonamides is 1. The van der Waals surface area contributed by atoms with Gasteiger partial charge in [-0.1, -0.05) is 17.7 Å². The average Bonchev–Trinajstić information content (AvgIpc) is 2.41. The first-order valence-corrected chi connectivity index (χ1v) is 8.26. The van der Waals surface area contributed by atoms with Crippen LogP contribution in [0.4, 0.5) is 0 Å². The van der Waals surface area contributed by atoms with Crippen LogP contribution in [0.25, 0.3) is 0 Å². The Kier molecular flexibility index (Phi) is 6.44. The molecule has 0 bridgehead atoms. The minimum Gasteiger partial charge on any atom is -0.313 e. The topological polar surface area (TPSA) is 82.0 Å². The molecule has 0 aromatic heterocycles. The van der Waals surface area contributed by atoms with Gasteiger partial charge in [0.1, 0.15) is 11.0 Å². The molecule has 1 aliphatic rings. The highest BCUT2D eigenvalue weighted by Gasteiger charge is 2.28. The van der Waals surface area contributed by atoms with Crippen LogP contribution in [0.1, 0.15) is 25.3 Å². The molecular weight excluding hydrogens is 333 g/mol. The minimum absolute atomic E-state index is 0. The summed E-state index contributed by atoms with van der Waals surface area (Å²) in [5, 5.41) is 12.5. The maximum absolute atomic E-state index is 12.4. The van der Waals surface area contributed by atoms with E-state index in [2.05, 4.69) is 10.0 Å². The van der Waals surface area contributed by atoms with E-state index in [9.17, 15) is 8.42 Å². The van der Waals surface area contributed by atoms with Crippen LogP contribution in [0.5, 0.6) is 0 Å². The van der Waals surface area contributed by atoms with Gasteiger partial charge in [-0.2, -0.15) is 5.26 Å². The number of hydrogen-bond acceptors (Lipinski definition) is 4. The zero-order valence-corrected chi connectivity index (χ0v) is 13.9. The Morgan fingerprint density at radius 3 is 2.81 bits per heavy atom. The van der Waals surface area contributed by atoms with Gasteiger partial charge in [0.05, 0.1) is 10.6 Å². The molecule has 0 radical (unpaired) electrons. The zero-order chi connectivity index (χ0) is 14.8. The Bertz CT molecular complexity index is 643. The third-order valence-corrected chi connectivity index (χ3v) is 5.29. The molecule has 2 unspecified atom stereocenters. The molecule has 1 fully saturated rings. The van der Waals surface area contributed by atoms with Crippen LogP contribution in [0.15, 0.2) is 23.1 Å². The van der Waals surface area contributed by atoms with Crippen LogP contribution in [0, 0.1) is 11.3 Å². The van der Waals surface area contributed by atoms with Crippen molar-refractivity contribution in [3.8, 4) is 6.07 Å². The first-order valence-electron chi connectivity index (χ1n) is 6.40. The van der Waals surface area contributed by atoms with Gasteiger partial charge in [-0.25, -0.2) is 13.1 Å². The molecule has 116 valence electrons. The molecule has 2 rings (SSSR count). The van der Waals surface area contributed by atoms with Crippen LogP contribution >= 0.6 is 24.0 Å². The number of piperidine rings is 1. The highest BCUT2D eigenvalue weighted by molar-refractivity contribution is 7.89. The largest absolute Gasteiger partial charge is 0.313 e. The van der Waals surface area contributed by atoms with Gasteiger partial charge in [-0.05, 0) is 38.4 Å². The Hall–Kier alpha value is -0.840. The summed E-state index contributed by atoms with van der Waals surface area (Å²) in [4.78, 5) is -0.0646. The summed E-state index contributed by atoms with van der Waals surface area (Å²) >= 11 is 5.88. The number of halogens is 2. The third kappa shape index (κ3) is 4.09. The number of hydrogen-bond donors (Lipinski definition) is 2. The predicted molar refractivity (Wildman–Crippen MR) is 84.2 cm³/mol. The molecule has 0 aliphatic carbocycles. The van der Waals surface area contributed by atoms with Crippen LogP contribution < -0.4 is 10.0 Å². The molecule has 5 nitrogen and oxygen atoms in total. The Morgan fingerprint density at radius 1 is 1.48 bits per heavy atom. The second kappa shape index (κ2) is 7.43. The smallest absolute Gasteiger partial charge is 0.242 e. The van der Waals surface area contributed by atoms with Gasteiger partial charge in [0.2, 0.25) is 10.0 Å². The summed E-state index contributed by atoms with van der Waals surface area (Å²) in [6.07, 6.45) is 1.69. The fourth-order valence-electron chi connectivity index (χ4n) is 2.30. The highest BCUT2D eigenvalue weighted by Crippen LogP contribution is 2.23. The molecule has 0 saturated carbocycles. The van der Waals surface area contributed by atoms with Crippen molar-refractivity contribution >= 4 is 34.0 Å². The fraction of sp³-hybridized carbons (Fsp3) is 0.462. The molecule has 8 heteroatoms. The van der Waals surface area contributed by atoms with Gasteiger partial charge in [0.25, 0.3) is 0 Å². The molecule has 2 N–H and O–H groups in total. The molecule has 21 heavy (non-hydrogen) atoms. The van der Waals surface area contributed by atoms with Gasteiger partial charge >= 0.3 is 0 Å². The molecule has 1 aromatic carbocycles. The van der Waals surface area contributed by atoms with Crippen molar-refractivity contribution in [1.82, 2.24) is 10.0 Å². The van der Waals surface area contributed by atoms with E-state index in [4.69, 9.17) is 16.9 Å². The summed E-state index contributed by atoms with van der Waals surface area (Å²) < 4.78 is 27.5. The van der Waals surface area contributed by atoms with Crippen molar-refractivity contribution in [3.63, 3.8) is 0 Å². The van der Waals surface area contributed by atoms with Crippen molar-refractivity contribution in [2.45, 2.75) is 36.7 Å². The van der Waals surface area contributed by atoms with Crippen LogP contribution in [0.3, 0.4) is 0 Å². The Morgan fingerprint density at radius 2 is 2.19 bits per heavy atom. The first-order chi connectivity index (χ1) is 9.45. The molecular formula is C13H17Cl2N3O2S. The van der Waals surface area contributed by atoms with E-state index >= 15 is 0 Å². The van der Waals surface area contributed by atoms with Crippen LogP contribution in [-0.2, 0) is 10.0 Å². The normalized spacial score (nSPS) is 22.1. The van der Waals surface area contributed by atoms with Gasteiger partial charge in [-0.3, -0.25) is 0 Å². The first kappa shape index (κ1) is 18.2. The molecule has 1 saturated heterocycles. The molecule has 1 heterocycles. The quantitative estimate of drug-likeness (QED) is 0.874. The minimum atomic E-state index is -3.76. The second-order valence-corrected chi connectivity index (χ2v) is 6.93. The SMILES string of the molecule is CC1NCCCC1NS(=O)(=O)c1cccc(Cl)c1C#N.Cl. The molecule has 2 atom stereocenters. The van der Waals surface area contributed by atoms with Crippen LogP contribution in [0.2, 0.25) is 5.02 Å². The van der Waals surface area contributed by atoms with E-state index in [1.165, 1.54) is 18.2 Å². The monoisotopic (exact) mass is 349 g/mol. The van der Waals surface area contributed by atoms with Crippen molar-refractivity contribution in [2.75, 3.05) is 6.54 Å². The summed E-state index contributed by atoms with van der Waals surface area (Å²) in [5.74, 6) is 0. The van der Waals surface area contributed by atoms with Crippen molar-refractivity contribution in [1.29, 1.82) is 5.26 Å². The Balaban J connectivity index is 0.00000220. The lowest BCUT2D eigenvalue weighted by Crippen LogP contribution is -2.51. The number of benzene rings is 1. The lowest BCUT2D eigenvalue weighted by atomic mass is 10.0. The zero-order valence-electron chi connectivity index (χ0n) is 11.5. The van der Waals surface area contributed by atoms with Crippen molar-refractivity contribution < 1.29 is 8.42 Å². The van der Waals surface area contributed by atoms with E-state index in [0.29, 0.717) is 0 Å². The average molecular weight is 350 g/mol. The highest BCUT2D eigenvalue weighted by atomic mass is 35.5. The summed E-state index contributed by atoms with van der Waals surface area (Å²) in [7, 11) is -3.76. The summed E-state index contributed by atoms with van der Waals surface area (Å²) in [6.45, 7) is 2.83. The van der Waals surface area contributed by atoms with Crippen molar-refractivity contribution in [3.05, 3.63) is 28.8 Å². The molecule has 1 aliphatic heterocycles. The third-order valence-electron chi connectivity index (χ3n) is 3.44. The van der Waals surface area contributed by atoms with E-state index in [1.54, 1.807) is 0 Å². The molecule has 1 aromatic rings. The summed E-state index contributed by atoms with van der Waals surface area (Å²) in [5.41, 5.74) is -0.0157. The molecule has 0 spiro atoms. The van der Waals surface area contributed by atoms with E-state index < -0.39 is 10.0 Å². The number of rotatable bonds is 3. The van der Waals surface area contributed by atoms with E-state index in [1.807, 2.05) is 13.0 Å². The lowest BCUT2D eigenvalue weighted by Gasteiger charge is -2.30. The summed E-state index contributed by atoms with van der Waals surface area (Å²) in [6, 6.07) is 6.16. The van der Waals surface area contributed by atoms with Gasteiger partial charge < -0.3 is 5.32 Å². The number of nitrogens with zero attached hydrogens (tertiary/aromatic N) is 1. The van der Waals surface area contributed by atoms with Crippen LogP contribution in [-0.4, -0.2) is 27.0 Å². The fourth-order valence-corrected chi connectivity index (χ4v) is 4.11. The Labute approximate surface area is 136 Å². The van der Waals surface area contributed by atoms with E-state index in [0.717, 1.165) is 19.4 Å². The maximum Gasteiger partial charge on any atom is 0.242 e. The second-order valence-electron chi connectivity index (χ2n) is 4.84. The lowest BCUT2D eigenvalue weighted by molar-refractivity contribution is 0.349. The van der Waals surface area contributed by atoms with Crippen molar-refractivity contribution in [2.24, 2.45) is 0 Å². The van der Waals surface area contributed by atoms with Gasteiger partial charge in [-0.15, -0.1) is 12.4 Å². The number of nitriles is 1. The van der Waals surface area contributed by atoms with Gasteiger partial charge in [0.15, 0.2) is 0 Å². The predicted octanol–water partition coefficient (Wildman–Crippen LogP) is 2.05. The van der Waals surface area contributed by atoms with E-state index in [-0.39, 0.29) is 40.0 Å². The molecule has 0 amide bonds. The number of nitrogens with one attached hydrogen (secondary N) is 2. The standard InChI is InChI=1S/C13H16ClN3O2S.ClH/c1-9-12(5-3-7-16-9)17-20(18,19)13-6-2-4-11(14)10(13)8-15;/h2,4,6,9,12,16-17H,3,5,7H2,1H3;1H. The van der Waals surface area contributed by atoms with Gasteiger partial charge in [0, 0.05) is 12.1 Å².